The second kappa shape index (κ2) is 13.6. The van der Waals surface area contributed by atoms with Crippen LogP contribution in [0.1, 0.15) is 57.8 Å². The van der Waals surface area contributed by atoms with Gasteiger partial charge in [-0.25, -0.2) is 4.79 Å². The molecule has 0 unspecified atom stereocenters. The summed E-state index contributed by atoms with van der Waals surface area (Å²) in [6.45, 7) is 2.55. The first-order valence-electron chi connectivity index (χ1n) is 7.60. The molecule has 0 aliphatic heterocycles. The van der Waals surface area contributed by atoms with E-state index in [1.165, 1.54) is 37.0 Å². The molecule has 114 valence electrons. The topological polar surface area (TPSA) is 92.6 Å². The van der Waals surface area contributed by atoms with Gasteiger partial charge in [0.15, 0.2) is 0 Å². The van der Waals surface area contributed by atoms with Crippen LogP contribution < -0.4 is 11.5 Å². The maximum atomic E-state index is 10.9. The van der Waals surface area contributed by atoms with Crippen molar-refractivity contribution in [2.24, 2.45) is 11.5 Å². The van der Waals surface area contributed by atoms with Crippen LogP contribution in [0.5, 0.6) is 0 Å². The quantitative estimate of drug-likeness (QED) is 0.449. The summed E-state index contributed by atoms with van der Waals surface area (Å²) in [5.41, 5.74) is 10.8. The van der Waals surface area contributed by atoms with Crippen molar-refractivity contribution in [3.8, 4) is 0 Å². The van der Waals surface area contributed by atoms with E-state index in [2.05, 4.69) is 0 Å². The second-order valence-electron chi connectivity index (χ2n) is 5.03. The lowest BCUT2D eigenvalue weighted by molar-refractivity contribution is 0.144. The minimum atomic E-state index is -0.824. The third kappa shape index (κ3) is 12.0. The standard InChI is InChI=1S/C14H31N3O2/c15-10-7-5-3-1-2-4-6-8-12-17(14(18)19)13-9-11-16/h1-13,15-16H2,(H,18,19). The number of unbranched alkanes of at least 4 members (excludes halogenated alkanes) is 7. The van der Waals surface area contributed by atoms with Crippen molar-refractivity contribution >= 4 is 6.09 Å². The third-order valence-electron chi connectivity index (χ3n) is 3.28. The van der Waals surface area contributed by atoms with Crippen LogP contribution in [0.4, 0.5) is 4.79 Å². The molecule has 0 fully saturated rings. The van der Waals surface area contributed by atoms with Crippen LogP contribution >= 0.6 is 0 Å². The van der Waals surface area contributed by atoms with E-state index in [0.717, 1.165) is 32.2 Å². The molecule has 0 spiro atoms. The molecule has 0 aromatic carbocycles. The lowest BCUT2D eigenvalue weighted by Crippen LogP contribution is -2.32. The number of nitrogens with zero attached hydrogens (tertiary/aromatic N) is 1. The van der Waals surface area contributed by atoms with Crippen molar-refractivity contribution in [1.82, 2.24) is 4.90 Å². The minimum Gasteiger partial charge on any atom is -0.465 e. The zero-order valence-corrected chi connectivity index (χ0v) is 12.1. The summed E-state index contributed by atoms with van der Waals surface area (Å²) in [5.74, 6) is 0. The molecule has 1 amide bonds. The average Bonchev–Trinajstić information content (AvgIpc) is 2.39. The van der Waals surface area contributed by atoms with E-state index in [9.17, 15) is 4.79 Å². The van der Waals surface area contributed by atoms with Crippen LogP contribution in [-0.2, 0) is 0 Å². The Morgan fingerprint density at radius 1 is 0.737 bits per heavy atom. The molecule has 0 aliphatic carbocycles. The average molecular weight is 273 g/mol. The highest BCUT2D eigenvalue weighted by Crippen LogP contribution is 2.09. The van der Waals surface area contributed by atoms with Crippen molar-refractivity contribution in [3.63, 3.8) is 0 Å². The molecule has 0 atom stereocenters. The fourth-order valence-electron chi connectivity index (χ4n) is 2.09. The molecule has 5 heteroatoms. The largest absolute Gasteiger partial charge is 0.465 e. The van der Waals surface area contributed by atoms with Gasteiger partial charge in [0.05, 0.1) is 0 Å². The number of carboxylic acid groups (broad SMARTS) is 1. The zero-order valence-electron chi connectivity index (χ0n) is 12.1. The van der Waals surface area contributed by atoms with E-state index in [1.54, 1.807) is 0 Å². The van der Waals surface area contributed by atoms with Crippen LogP contribution in [0.3, 0.4) is 0 Å². The van der Waals surface area contributed by atoms with Gasteiger partial charge in [0, 0.05) is 13.1 Å². The van der Waals surface area contributed by atoms with Gasteiger partial charge in [0.2, 0.25) is 0 Å². The van der Waals surface area contributed by atoms with E-state index >= 15 is 0 Å². The summed E-state index contributed by atoms with van der Waals surface area (Å²) in [6.07, 6.45) is 9.36. The number of hydrogen-bond acceptors (Lipinski definition) is 3. The fraction of sp³-hybridized carbons (Fsp3) is 0.929. The van der Waals surface area contributed by atoms with Crippen molar-refractivity contribution in [1.29, 1.82) is 0 Å². The first-order chi connectivity index (χ1) is 9.22. The smallest absolute Gasteiger partial charge is 0.407 e. The van der Waals surface area contributed by atoms with Gasteiger partial charge in [0.1, 0.15) is 0 Å². The predicted molar refractivity (Wildman–Crippen MR) is 79.3 cm³/mol. The van der Waals surface area contributed by atoms with Crippen molar-refractivity contribution in [2.45, 2.75) is 57.8 Å². The summed E-state index contributed by atoms with van der Waals surface area (Å²) >= 11 is 0. The Morgan fingerprint density at radius 3 is 1.63 bits per heavy atom. The van der Waals surface area contributed by atoms with Gasteiger partial charge in [-0.15, -0.1) is 0 Å². The molecular weight excluding hydrogens is 242 g/mol. The summed E-state index contributed by atoms with van der Waals surface area (Å²) in [6, 6.07) is 0. The fourth-order valence-corrected chi connectivity index (χ4v) is 2.09. The molecule has 0 radical (unpaired) electrons. The van der Waals surface area contributed by atoms with E-state index in [4.69, 9.17) is 16.6 Å². The molecule has 0 aliphatic rings. The summed E-state index contributed by atoms with van der Waals surface area (Å²) in [5, 5.41) is 9.00. The maximum Gasteiger partial charge on any atom is 0.407 e. The molecular formula is C14H31N3O2. The Bertz CT molecular complexity index is 213. The van der Waals surface area contributed by atoms with Crippen LogP contribution in [0.2, 0.25) is 0 Å². The highest BCUT2D eigenvalue weighted by Gasteiger charge is 2.09. The normalized spacial score (nSPS) is 10.6. The Balaban J connectivity index is 3.37. The van der Waals surface area contributed by atoms with E-state index < -0.39 is 6.09 Å². The van der Waals surface area contributed by atoms with E-state index in [1.807, 2.05) is 0 Å². The van der Waals surface area contributed by atoms with E-state index in [-0.39, 0.29) is 0 Å². The van der Waals surface area contributed by atoms with Gasteiger partial charge < -0.3 is 21.5 Å². The molecule has 5 N–H and O–H groups in total. The van der Waals surface area contributed by atoms with Gasteiger partial charge in [-0.05, 0) is 32.4 Å². The molecule has 0 rings (SSSR count). The summed E-state index contributed by atoms with van der Waals surface area (Å²) in [7, 11) is 0. The van der Waals surface area contributed by atoms with Crippen LogP contribution in [-0.4, -0.2) is 42.3 Å². The molecule has 0 aromatic heterocycles. The first kappa shape index (κ1) is 18.2. The van der Waals surface area contributed by atoms with Crippen LogP contribution in [0.15, 0.2) is 0 Å². The lowest BCUT2D eigenvalue weighted by Gasteiger charge is -2.18. The third-order valence-corrected chi connectivity index (χ3v) is 3.28. The second-order valence-corrected chi connectivity index (χ2v) is 5.03. The highest BCUT2D eigenvalue weighted by atomic mass is 16.4. The van der Waals surface area contributed by atoms with Crippen molar-refractivity contribution in [2.75, 3.05) is 26.2 Å². The van der Waals surface area contributed by atoms with Gasteiger partial charge in [-0.3, -0.25) is 0 Å². The van der Waals surface area contributed by atoms with E-state index in [0.29, 0.717) is 19.6 Å². The predicted octanol–water partition coefficient (Wildman–Crippen LogP) is 2.39. The van der Waals surface area contributed by atoms with Gasteiger partial charge in [-0.1, -0.05) is 38.5 Å². The Kier molecular flexibility index (Phi) is 13.0. The van der Waals surface area contributed by atoms with Gasteiger partial charge in [0.25, 0.3) is 0 Å². The zero-order chi connectivity index (χ0) is 14.3. The Labute approximate surface area is 117 Å². The monoisotopic (exact) mass is 273 g/mol. The molecule has 0 saturated heterocycles. The number of amides is 1. The molecule has 0 heterocycles. The van der Waals surface area contributed by atoms with Gasteiger partial charge in [-0.2, -0.15) is 0 Å². The summed E-state index contributed by atoms with van der Waals surface area (Å²) < 4.78 is 0. The molecule has 5 nitrogen and oxygen atoms in total. The maximum absolute atomic E-state index is 10.9. The van der Waals surface area contributed by atoms with Crippen molar-refractivity contribution < 1.29 is 9.90 Å². The molecule has 0 bridgehead atoms. The number of hydrogen-bond donors (Lipinski definition) is 3. The minimum absolute atomic E-state index is 0.548. The summed E-state index contributed by atoms with van der Waals surface area (Å²) in [4.78, 5) is 12.4. The Morgan fingerprint density at radius 2 is 1.16 bits per heavy atom. The molecule has 0 saturated carbocycles. The van der Waals surface area contributed by atoms with Crippen LogP contribution in [0, 0.1) is 0 Å². The van der Waals surface area contributed by atoms with Gasteiger partial charge >= 0.3 is 6.09 Å². The molecule has 19 heavy (non-hydrogen) atoms. The number of rotatable bonds is 13. The number of nitrogens with two attached hydrogens (primary N) is 2. The lowest BCUT2D eigenvalue weighted by atomic mass is 10.1. The Hall–Kier alpha value is -0.810. The first-order valence-corrected chi connectivity index (χ1v) is 7.60. The van der Waals surface area contributed by atoms with Crippen molar-refractivity contribution in [3.05, 3.63) is 0 Å². The SMILES string of the molecule is NCCCCCCCCCCN(CCCN)C(=O)O. The highest BCUT2D eigenvalue weighted by molar-refractivity contribution is 5.64. The number of carbonyl (C=O) groups is 1. The molecule has 0 aromatic rings. The van der Waals surface area contributed by atoms with Crippen LogP contribution in [0.25, 0.3) is 0 Å².